The molecular weight excluding hydrogens is 218 g/mol. The SMILES string of the molecule is COCCN(CCCl)C(=O)OC(C)(C)C. The highest BCUT2D eigenvalue weighted by Gasteiger charge is 2.21. The Morgan fingerprint density at radius 3 is 2.33 bits per heavy atom. The van der Waals surface area contributed by atoms with Crippen LogP contribution in [0.25, 0.3) is 0 Å². The van der Waals surface area contributed by atoms with Crippen LogP contribution >= 0.6 is 11.6 Å². The summed E-state index contributed by atoms with van der Waals surface area (Å²) in [5, 5.41) is 0. The second-order valence-electron chi connectivity index (χ2n) is 4.15. The minimum atomic E-state index is -0.477. The summed E-state index contributed by atoms with van der Waals surface area (Å²) in [6, 6.07) is 0. The van der Waals surface area contributed by atoms with Gasteiger partial charge in [0.05, 0.1) is 6.61 Å². The molecule has 0 aliphatic rings. The van der Waals surface area contributed by atoms with E-state index >= 15 is 0 Å². The summed E-state index contributed by atoms with van der Waals surface area (Å²) < 4.78 is 10.1. The molecule has 0 saturated carbocycles. The molecule has 0 N–H and O–H groups in total. The number of methoxy groups -OCH3 is 1. The zero-order chi connectivity index (χ0) is 11.9. The van der Waals surface area contributed by atoms with E-state index in [1.54, 1.807) is 12.0 Å². The van der Waals surface area contributed by atoms with Gasteiger partial charge in [0.15, 0.2) is 0 Å². The van der Waals surface area contributed by atoms with Crippen molar-refractivity contribution < 1.29 is 14.3 Å². The fourth-order valence-electron chi connectivity index (χ4n) is 0.924. The van der Waals surface area contributed by atoms with Gasteiger partial charge in [-0.15, -0.1) is 11.6 Å². The van der Waals surface area contributed by atoms with Gasteiger partial charge in [0.2, 0.25) is 0 Å². The molecule has 0 rings (SSSR count). The van der Waals surface area contributed by atoms with Gasteiger partial charge in [-0.05, 0) is 20.8 Å². The smallest absolute Gasteiger partial charge is 0.410 e. The van der Waals surface area contributed by atoms with E-state index in [4.69, 9.17) is 21.1 Å². The molecule has 15 heavy (non-hydrogen) atoms. The van der Waals surface area contributed by atoms with Gasteiger partial charge in [0.1, 0.15) is 5.60 Å². The summed E-state index contributed by atoms with van der Waals surface area (Å²) in [6.45, 7) is 6.95. The van der Waals surface area contributed by atoms with Gasteiger partial charge in [0, 0.05) is 26.1 Å². The number of carbonyl (C=O) groups is 1. The molecule has 0 aromatic heterocycles. The van der Waals surface area contributed by atoms with E-state index < -0.39 is 5.60 Å². The monoisotopic (exact) mass is 237 g/mol. The third-order valence-corrected chi connectivity index (χ3v) is 1.74. The van der Waals surface area contributed by atoms with Crippen LogP contribution in [0.2, 0.25) is 0 Å². The summed E-state index contributed by atoms with van der Waals surface area (Å²) in [6.07, 6.45) is -0.347. The van der Waals surface area contributed by atoms with Crippen LogP contribution < -0.4 is 0 Å². The molecule has 0 aliphatic carbocycles. The van der Waals surface area contributed by atoms with Gasteiger partial charge in [-0.25, -0.2) is 4.79 Å². The van der Waals surface area contributed by atoms with Gasteiger partial charge in [-0.1, -0.05) is 0 Å². The minimum Gasteiger partial charge on any atom is -0.444 e. The molecule has 0 fully saturated rings. The molecule has 0 aromatic rings. The standard InChI is InChI=1S/C10H20ClNO3/c1-10(2,3)15-9(13)12(6-5-11)7-8-14-4/h5-8H2,1-4H3. The zero-order valence-corrected chi connectivity index (χ0v) is 10.6. The molecular formula is C10H20ClNO3. The molecule has 0 heterocycles. The minimum absolute atomic E-state index is 0.347. The molecule has 0 aromatic carbocycles. The lowest BCUT2D eigenvalue weighted by Crippen LogP contribution is -2.39. The molecule has 0 bridgehead atoms. The fraction of sp³-hybridized carbons (Fsp3) is 0.900. The maximum Gasteiger partial charge on any atom is 0.410 e. The Labute approximate surface area is 96.5 Å². The fourth-order valence-corrected chi connectivity index (χ4v) is 1.13. The van der Waals surface area contributed by atoms with E-state index in [-0.39, 0.29) is 6.09 Å². The highest BCUT2D eigenvalue weighted by Crippen LogP contribution is 2.09. The van der Waals surface area contributed by atoms with Crippen molar-refractivity contribution in [1.29, 1.82) is 0 Å². The molecule has 0 radical (unpaired) electrons. The lowest BCUT2D eigenvalue weighted by molar-refractivity contribution is 0.0215. The van der Waals surface area contributed by atoms with Crippen molar-refractivity contribution in [2.45, 2.75) is 26.4 Å². The van der Waals surface area contributed by atoms with Crippen LogP contribution in [-0.2, 0) is 9.47 Å². The van der Waals surface area contributed by atoms with Crippen molar-refractivity contribution in [2.24, 2.45) is 0 Å². The molecule has 0 spiro atoms. The van der Waals surface area contributed by atoms with E-state index in [9.17, 15) is 4.79 Å². The number of hydrogen-bond donors (Lipinski definition) is 0. The number of rotatable bonds is 5. The Morgan fingerprint density at radius 2 is 1.93 bits per heavy atom. The van der Waals surface area contributed by atoms with Gasteiger partial charge < -0.3 is 14.4 Å². The first-order valence-corrected chi connectivity index (χ1v) is 5.47. The lowest BCUT2D eigenvalue weighted by atomic mass is 10.2. The normalized spacial score (nSPS) is 11.3. The quantitative estimate of drug-likeness (QED) is 0.688. The molecule has 5 heteroatoms. The van der Waals surface area contributed by atoms with Crippen molar-refractivity contribution in [3.63, 3.8) is 0 Å². The van der Waals surface area contributed by atoms with Crippen molar-refractivity contribution in [2.75, 3.05) is 32.7 Å². The Hall–Kier alpha value is -0.480. The second-order valence-corrected chi connectivity index (χ2v) is 4.53. The largest absolute Gasteiger partial charge is 0.444 e. The van der Waals surface area contributed by atoms with Crippen molar-refractivity contribution in [3.8, 4) is 0 Å². The van der Waals surface area contributed by atoms with E-state index in [1.807, 2.05) is 20.8 Å². The Morgan fingerprint density at radius 1 is 1.33 bits per heavy atom. The number of nitrogens with zero attached hydrogens (tertiary/aromatic N) is 1. The number of alkyl halides is 1. The average molecular weight is 238 g/mol. The van der Waals surface area contributed by atoms with Gasteiger partial charge in [0.25, 0.3) is 0 Å². The van der Waals surface area contributed by atoms with Crippen LogP contribution in [-0.4, -0.2) is 49.3 Å². The Bertz CT molecular complexity index is 192. The van der Waals surface area contributed by atoms with Gasteiger partial charge in [-0.2, -0.15) is 0 Å². The zero-order valence-electron chi connectivity index (χ0n) is 9.88. The number of halogens is 1. The van der Waals surface area contributed by atoms with Crippen LogP contribution in [0.4, 0.5) is 4.79 Å². The van der Waals surface area contributed by atoms with Crippen molar-refractivity contribution >= 4 is 17.7 Å². The average Bonchev–Trinajstić information content (AvgIpc) is 2.09. The number of amides is 1. The van der Waals surface area contributed by atoms with Gasteiger partial charge in [-0.3, -0.25) is 0 Å². The third kappa shape index (κ3) is 7.45. The van der Waals surface area contributed by atoms with Crippen LogP contribution in [0.1, 0.15) is 20.8 Å². The lowest BCUT2D eigenvalue weighted by Gasteiger charge is -2.26. The van der Waals surface area contributed by atoms with Crippen LogP contribution in [0, 0.1) is 0 Å². The summed E-state index contributed by atoms with van der Waals surface area (Å²) in [5.74, 6) is 0.392. The molecule has 4 nitrogen and oxygen atoms in total. The summed E-state index contributed by atoms with van der Waals surface area (Å²) >= 11 is 5.60. The van der Waals surface area contributed by atoms with Gasteiger partial charge >= 0.3 is 6.09 Å². The second kappa shape index (κ2) is 6.90. The summed E-state index contributed by atoms with van der Waals surface area (Å²) in [5.41, 5.74) is -0.477. The van der Waals surface area contributed by atoms with E-state index in [0.717, 1.165) is 0 Å². The maximum absolute atomic E-state index is 11.6. The Kier molecular flexibility index (Phi) is 6.68. The third-order valence-electron chi connectivity index (χ3n) is 1.57. The molecule has 0 saturated heterocycles. The highest BCUT2D eigenvalue weighted by molar-refractivity contribution is 6.18. The first-order chi connectivity index (χ1) is 6.90. The number of carbonyl (C=O) groups excluding carboxylic acids is 1. The predicted octanol–water partition coefficient (Wildman–Crippen LogP) is 2.11. The van der Waals surface area contributed by atoms with Crippen molar-refractivity contribution in [1.82, 2.24) is 4.90 Å². The molecule has 0 atom stereocenters. The topological polar surface area (TPSA) is 38.8 Å². The van der Waals surface area contributed by atoms with E-state index in [1.165, 1.54) is 0 Å². The molecule has 90 valence electrons. The first kappa shape index (κ1) is 14.5. The predicted molar refractivity (Wildman–Crippen MR) is 60.4 cm³/mol. The van der Waals surface area contributed by atoms with Crippen LogP contribution in [0.3, 0.4) is 0 Å². The molecule has 1 amide bonds. The van der Waals surface area contributed by atoms with Crippen LogP contribution in [0.5, 0.6) is 0 Å². The summed E-state index contributed by atoms with van der Waals surface area (Å²) in [4.78, 5) is 13.2. The van der Waals surface area contributed by atoms with E-state index in [2.05, 4.69) is 0 Å². The first-order valence-electron chi connectivity index (χ1n) is 4.93. The summed E-state index contributed by atoms with van der Waals surface area (Å²) in [7, 11) is 1.59. The molecule has 0 aliphatic heterocycles. The molecule has 0 unspecified atom stereocenters. The Balaban J connectivity index is 4.15. The highest BCUT2D eigenvalue weighted by atomic mass is 35.5. The van der Waals surface area contributed by atoms with E-state index in [0.29, 0.717) is 25.6 Å². The number of ether oxygens (including phenoxy) is 2. The number of hydrogen-bond acceptors (Lipinski definition) is 3. The maximum atomic E-state index is 11.6. The van der Waals surface area contributed by atoms with Crippen molar-refractivity contribution in [3.05, 3.63) is 0 Å². The van der Waals surface area contributed by atoms with Crippen LogP contribution in [0.15, 0.2) is 0 Å².